The molecule has 7 aromatic carbocycles. The molecule has 3 heterocycles. The lowest BCUT2D eigenvalue weighted by Gasteiger charge is -2.24. The number of rotatable bonds is 4. The molecule has 1 aliphatic rings. The van der Waals surface area contributed by atoms with E-state index in [2.05, 4.69) is 170 Å². The van der Waals surface area contributed by atoms with Crippen molar-refractivity contribution in [3.05, 3.63) is 175 Å². The summed E-state index contributed by atoms with van der Waals surface area (Å²) in [6.45, 7) is 4.75. The summed E-state index contributed by atoms with van der Waals surface area (Å²) in [7, 11) is 0. The van der Waals surface area contributed by atoms with Crippen molar-refractivity contribution in [2.75, 3.05) is 0 Å². The SMILES string of the molecule is CC1(C)c2ccccc2-c2c1c1c(c3ccccc3n1-c1ccc(-c3nc(-c4ccccc4)cc(-c4ccccc4)n3)cc1)c1oc3ccccc3c21. The van der Waals surface area contributed by atoms with Gasteiger partial charge in [-0.15, -0.1) is 0 Å². The highest BCUT2D eigenvalue weighted by molar-refractivity contribution is 6.30. The van der Waals surface area contributed by atoms with Gasteiger partial charge in [0.15, 0.2) is 5.82 Å². The molecule has 0 unspecified atom stereocenters. The van der Waals surface area contributed by atoms with Gasteiger partial charge in [0.1, 0.15) is 11.2 Å². The molecular formula is C49H33N3O. The largest absolute Gasteiger partial charge is 0.455 e. The number of hydrogen-bond acceptors (Lipinski definition) is 3. The fourth-order valence-electron chi connectivity index (χ4n) is 8.80. The fraction of sp³-hybridized carbons (Fsp3) is 0.0612. The van der Waals surface area contributed by atoms with Crippen molar-refractivity contribution in [1.29, 1.82) is 0 Å². The zero-order valence-corrected chi connectivity index (χ0v) is 29.3. The van der Waals surface area contributed by atoms with Gasteiger partial charge in [-0.05, 0) is 64.7 Å². The molecule has 0 atom stereocenters. The second-order valence-corrected chi connectivity index (χ2v) is 14.5. The van der Waals surface area contributed by atoms with E-state index in [0.29, 0.717) is 5.82 Å². The van der Waals surface area contributed by atoms with Crippen LogP contribution in [0.25, 0.3) is 94.5 Å². The molecule has 0 saturated heterocycles. The standard InChI is InChI=1S/C49H33N3O/c1-49(2)37-22-12-9-19-34(37)42-43-36-21-11-14-24-41(36)53-47(43)44-35-20-10-13-23-40(35)52(46(44)45(42)49)33-27-25-32(26-28-33)48-50-38(30-15-5-3-6-16-30)29-39(51-48)31-17-7-4-8-18-31/h3-29H,1-2H3. The van der Waals surface area contributed by atoms with Gasteiger partial charge in [0.05, 0.1) is 27.8 Å². The summed E-state index contributed by atoms with van der Waals surface area (Å²) in [6, 6.07) is 57.6. The van der Waals surface area contributed by atoms with Crippen LogP contribution in [0.5, 0.6) is 0 Å². The molecule has 0 fully saturated rings. The smallest absolute Gasteiger partial charge is 0.160 e. The van der Waals surface area contributed by atoms with Crippen LogP contribution in [-0.4, -0.2) is 14.5 Å². The van der Waals surface area contributed by atoms with Gasteiger partial charge in [0.25, 0.3) is 0 Å². The molecule has 0 radical (unpaired) electrons. The summed E-state index contributed by atoms with van der Waals surface area (Å²) in [5.74, 6) is 0.695. The topological polar surface area (TPSA) is 43.9 Å². The molecule has 250 valence electrons. The number of hydrogen-bond donors (Lipinski definition) is 0. The summed E-state index contributed by atoms with van der Waals surface area (Å²) in [5.41, 5.74) is 15.1. The second-order valence-electron chi connectivity index (χ2n) is 14.5. The van der Waals surface area contributed by atoms with Crippen molar-refractivity contribution in [3.63, 3.8) is 0 Å². The highest BCUT2D eigenvalue weighted by atomic mass is 16.3. The first-order valence-electron chi connectivity index (χ1n) is 18.2. The molecule has 11 rings (SSSR count). The predicted molar refractivity (Wildman–Crippen MR) is 218 cm³/mol. The Morgan fingerprint density at radius 1 is 0.547 bits per heavy atom. The van der Waals surface area contributed by atoms with Gasteiger partial charge in [-0.3, -0.25) is 0 Å². The molecule has 4 heteroatoms. The summed E-state index contributed by atoms with van der Waals surface area (Å²) in [4.78, 5) is 10.2. The molecule has 1 aliphatic carbocycles. The maximum Gasteiger partial charge on any atom is 0.160 e. The summed E-state index contributed by atoms with van der Waals surface area (Å²) < 4.78 is 9.32. The molecule has 53 heavy (non-hydrogen) atoms. The molecule has 3 aromatic heterocycles. The Bertz CT molecular complexity index is 3000. The fourth-order valence-corrected chi connectivity index (χ4v) is 8.80. The van der Waals surface area contributed by atoms with Crippen LogP contribution in [0, 0.1) is 0 Å². The Labute approximate surface area is 306 Å². The van der Waals surface area contributed by atoms with Crippen molar-refractivity contribution in [2.24, 2.45) is 0 Å². The minimum atomic E-state index is -0.248. The van der Waals surface area contributed by atoms with E-state index in [-0.39, 0.29) is 5.41 Å². The number of aromatic nitrogens is 3. The number of furan rings is 1. The highest BCUT2D eigenvalue weighted by Gasteiger charge is 2.41. The molecule has 0 N–H and O–H groups in total. The monoisotopic (exact) mass is 679 g/mol. The third kappa shape index (κ3) is 4.30. The van der Waals surface area contributed by atoms with Gasteiger partial charge < -0.3 is 8.98 Å². The van der Waals surface area contributed by atoms with Gasteiger partial charge in [-0.1, -0.05) is 135 Å². The molecule has 0 bridgehead atoms. The van der Waals surface area contributed by atoms with E-state index in [1.165, 1.54) is 38.5 Å². The minimum Gasteiger partial charge on any atom is -0.455 e. The Kier molecular flexibility index (Phi) is 6.27. The van der Waals surface area contributed by atoms with Crippen LogP contribution in [0.15, 0.2) is 168 Å². The van der Waals surface area contributed by atoms with Gasteiger partial charge in [-0.2, -0.15) is 0 Å². The molecule has 0 saturated carbocycles. The quantitative estimate of drug-likeness (QED) is 0.186. The van der Waals surface area contributed by atoms with E-state index in [1.807, 2.05) is 12.1 Å². The van der Waals surface area contributed by atoms with Gasteiger partial charge in [0, 0.05) is 44.0 Å². The highest BCUT2D eigenvalue weighted by Crippen LogP contribution is 2.57. The van der Waals surface area contributed by atoms with Crippen LogP contribution in [0.1, 0.15) is 25.0 Å². The van der Waals surface area contributed by atoms with E-state index in [9.17, 15) is 0 Å². The number of benzene rings is 7. The van der Waals surface area contributed by atoms with Crippen LogP contribution < -0.4 is 0 Å². The normalized spacial score (nSPS) is 13.2. The first-order chi connectivity index (χ1) is 26.1. The first kappa shape index (κ1) is 29.9. The third-order valence-corrected chi connectivity index (χ3v) is 11.2. The Morgan fingerprint density at radius 3 is 1.87 bits per heavy atom. The molecular weight excluding hydrogens is 647 g/mol. The van der Waals surface area contributed by atoms with E-state index in [4.69, 9.17) is 14.4 Å². The van der Waals surface area contributed by atoms with Gasteiger partial charge >= 0.3 is 0 Å². The molecule has 10 aromatic rings. The maximum absolute atomic E-state index is 6.87. The van der Waals surface area contributed by atoms with Crippen molar-refractivity contribution in [1.82, 2.24) is 14.5 Å². The van der Waals surface area contributed by atoms with Crippen LogP contribution in [0.3, 0.4) is 0 Å². The maximum atomic E-state index is 6.87. The lowest BCUT2D eigenvalue weighted by molar-refractivity contribution is 0.662. The second kappa shape index (κ2) is 11.1. The van der Waals surface area contributed by atoms with Crippen LogP contribution in [-0.2, 0) is 5.41 Å². The van der Waals surface area contributed by atoms with E-state index < -0.39 is 0 Å². The van der Waals surface area contributed by atoms with Crippen molar-refractivity contribution >= 4 is 43.7 Å². The first-order valence-corrected chi connectivity index (χ1v) is 18.2. The zero-order valence-electron chi connectivity index (χ0n) is 29.3. The van der Waals surface area contributed by atoms with Crippen molar-refractivity contribution in [3.8, 4) is 50.7 Å². The van der Waals surface area contributed by atoms with Gasteiger partial charge in [0.2, 0.25) is 0 Å². The number of nitrogens with zero attached hydrogens (tertiary/aromatic N) is 3. The van der Waals surface area contributed by atoms with Crippen molar-refractivity contribution in [2.45, 2.75) is 19.3 Å². The Hall–Kier alpha value is -6.78. The van der Waals surface area contributed by atoms with Crippen molar-refractivity contribution < 1.29 is 4.42 Å². The zero-order chi connectivity index (χ0) is 35.3. The summed E-state index contributed by atoms with van der Waals surface area (Å²) in [6.07, 6.45) is 0. The van der Waals surface area contributed by atoms with E-state index >= 15 is 0 Å². The van der Waals surface area contributed by atoms with Gasteiger partial charge in [-0.25, -0.2) is 9.97 Å². The number of para-hydroxylation sites is 2. The molecule has 0 aliphatic heterocycles. The Morgan fingerprint density at radius 2 is 1.15 bits per heavy atom. The van der Waals surface area contributed by atoms with Crippen LogP contribution >= 0.6 is 0 Å². The third-order valence-electron chi connectivity index (χ3n) is 11.2. The van der Waals surface area contributed by atoms with E-state index in [1.54, 1.807) is 0 Å². The molecule has 0 spiro atoms. The summed E-state index contributed by atoms with van der Waals surface area (Å²) in [5, 5.41) is 4.68. The van der Waals surface area contributed by atoms with Crippen LogP contribution in [0.2, 0.25) is 0 Å². The average Bonchev–Trinajstić information content (AvgIpc) is 3.84. The summed E-state index contributed by atoms with van der Waals surface area (Å²) >= 11 is 0. The average molecular weight is 680 g/mol. The Balaban J connectivity index is 1.18. The predicted octanol–water partition coefficient (Wildman–Crippen LogP) is 12.8. The van der Waals surface area contributed by atoms with E-state index in [0.717, 1.165) is 61.2 Å². The lowest BCUT2D eigenvalue weighted by atomic mass is 9.81. The molecule has 0 amide bonds. The van der Waals surface area contributed by atoms with Crippen LogP contribution in [0.4, 0.5) is 0 Å². The minimum absolute atomic E-state index is 0.248. The lowest BCUT2D eigenvalue weighted by Crippen LogP contribution is -2.16. The molecule has 4 nitrogen and oxygen atoms in total. The number of fused-ring (bicyclic) bond motifs is 12.